The van der Waals surface area contributed by atoms with E-state index >= 15 is 0 Å². The van der Waals surface area contributed by atoms with Gasteiger partial charge in [-0.25, -0.2) is 0 Å². The highest BCUT2D eigenvalue weighted by atomic mass is 32.2. The number of hydrogen-bond acceptors (Lipinski definition) is 3. The van der Waals surface area contributed by atoms with E-state index in [1.165, 1.54) is 0 Å². The zero-order chi connectivity index (χ0) is 10.4. The molecule has 0 unspecified atom stereocenters. The van der Waals surface area contributed by atoms with Crippen molar-refractivity contribution in [1.82, 2.24) is 0 Å². The second-order valence-electron chi connectivity index (χ2n) is 2.63. The Bertz CT molecular complexity index is 365. The van der Waals surface area contributed by atoms with E-state index in [4.69, 9.17) is 10.5 Å². The molecule has 0 atom stereocenters. The summed E-state index contributed by atoms with van der Waals surface area (Å²) in [5.74, 6) is 7.43. The van der Waals surface area contributed by atoms with E-state index in [1.807, 2.05) is 25.1 Å². The molecular formula is C11H13NOS. The van der Waals surface area contributed by atoms with E-state index in [0.29, 0.717) is 5.69 Å². The second kappa shape index (κ2) is 5.46. The number of nitrogen functional groups attached to an aromatic ring is 1. The average molecular weight is 207 g/mol. The fourth-order valence-electron chi connectivity index (χ4n) is 0.989. The Morgan fingerprint density at radius 1 is 1.50 bits per heavy atom. The van der Waals surface area contributed by atoms with Crippen LogP contribution in [0.3, 0.4) is 0 Å². The van der Waals surface area contributed by atoms with Crippen LogP contribution in [0.15, 0.2) is 23.1 Å². The summed E-state index contributed by atoms with van der Waals surface area (Å²) >= 11 is 1.65. The standard InChI is InChI=1S/C11H13NOS/c1-3-4-7-14-11-6-5-9(12)8-10(11)13-2/h5-6,8H,7,12H2,1-2H3. The molecule has 0 spiro atoms. The van der Waals surface area contributed by atoms with E-state index in [1.54, 1.807) is 18.9 Å². The molecule has 0 fully saturated rings. The maximum atomic E-state index is 5.64. The molecule has 14 heavy (non-hydrogen) atoms. The van der Waals surface area contributed by atoms with Gasteiger partial charge in [0, 0.05) is 11.8 Å². The van der Waals surface area contributed by atoms with Gasteiger partial charge in [-0.1, -0.05) is 5.92 Å². The number of anilines is 1. The van der Waals surface area contributed by atoms with Crippen molar-refractivity contribution in [3.63, 3.8) is 0 Å². The van der Waals surface area contributed by atoms with Crippen LogP contribution in [-0.2, 0) is 0 Å². The lowest BCUT2D eigenvalue weighted by Gasteiger charge is -2.06. The highest BCUT2D eigenvalue weighted by Gasteiger charge is 2.02. The van der Waals surface area contributed by atoms with Gasteiger partial charge >= 0.3 is 0 Å². The molecule has 0 amide bonds. The Hall–Kier alpha value is -1.27. The monoisotopic (exact) mass is 207 g/mol. The summed E-state index contributed by atoms with van der Waals surface area (Å²) in [6.45, 7) is 1.83. The third-order valence-corrected chi connectivity index (χ3v) is 2.60. The van der Waals surface area contributed by atoms with Gasteiger partial charge in [0.25, 0.3) is 0 Å². The van der Waals surface area contributed by atoms with E-state index in [-0.39, 0.29) is 0 Å². The number of rotatable bonds is 3. The minimum absolute atomic E-state index is 0.716. The van der Waals surface area contributed by atoms with Crippen molar-refractivity contribution < 1.29 is 4.74 Å². The predicted octanol–water partition coefficient (Wildman–Crippen LogP) is 2.39. The molecule has 1 rings (SSSR count). The maximum Gasteiger partial charge on any atom is 0.134 e. The Balaban J connectivity index is 2.78. The van der Waals surface area contributed by atoms with Crippen LogP contribution >= 0.6 is 11.8 Å². The summed E-state index contributed by atoms with van der Waals surface area (Å²) in [7, 11) is 1.64. The average Bonchev–Trinajstić information content (AvgIpc) is 2.20. The van der Waals surface area contributed by atoms with E-state index < -0.39 is 0 Å². The smallest absolute Gasteiger partial charge is 0.134 e. The number of methoxy groups -OCH3 is 1. The van der Waals surface area contributed by atoms with Gasteiger partial charge < -0.3 is 10.5 Å². The fraction of sp³-hybridized carbons (Fsp3) is 0.273. The van der Waals surface area contributed by atoms with Gasteiger partial charge in [0.15, 0.2) is 0 Å². The highest BCUT2D eigenvalue weighted by molar-refractivity contribution is 7.99. The molecule has 0 aliphatic carbocycles. The Morgan fingerprint density at radius 3 is 2.93 bits per heavy atom. The van der Waals surface area contributed by atoms with Crippen LogP contribution in [0.5, 0.6) is 5.75 Å². The molecule has 0 aliphatic rings. The molecule has 0 aromatic heterocycles. The van der Waals surface area contributed by atoms with Crippen LogP contribution in [0, 0.1) is 11.8 Å². The number of benzene rings is 1. The summed E-state index contributed by atoms with van der Waals surface area (Å²) in [5, 5.41) is 0. The summed E-state index contributed by atoms with van der Waals surface area (Å²) in [6.07, 6.45) is 0. The van der Waals surface area contributed by atoms with Gasteiger partial charge in [-0.15, -0.1) is 17.7 Å². The van der Waals surface area contributed by atoms with Crippen molar-refractivity contribution >= 4 is 17.4 Å². The number of nitrogens with two attached hydrogens (primary N) is 1. The third kappa shape index (κ3) is 2.90. The van der Waals surface area contributed by atoms with Crippen LogP contribution in [0.4, 0.5) is 5.69 Å². The summed E-state index contributed by atoms with van der Waals surface area (Å²) in [4.78, 5) is 1.07. The zero-order valence-corrected chi connectivity index (χ0v) is 9.15. The van der Waals surface area contributed by atoms with Gasteiger partial charge in [-0.2, -0.15) is 0 Å². The lowest BCUT2D eigenvalue weighted by Crippen LogP contribution is -1.90. The summed E-state index contributed by atoms with van der Waals surface area (Å²) < 4.78 is 5.21. The number of thioether (sulfide) groups is 1. The number of ether oxygens (including phenoxy) is 1. The van der Waals surface area contributed by atoms with Crippen molar-refractivity contribution in [2.45, 2.75) is 11.8 Å². The lowest BCUT2D eigenvalue weighted by atomic mass is 10.3. The molecular weight excluding hydrogens is 194 g/mol. The minimum atomic E-state index is 0.716. The Labute approximate surface area is 88.8 Å². The second-order valence-corrected chi connectivity index (χ2v) is 3.64. The molecule has 0 aliphatic heterocycles. The van der Waals surface area contributed by atoms with Crippen molar-refractivity contribution in [3.05, 3.63) is 18.2 Å². The summed E-state index contributed by atoms with van der Waals surface area (Å²) in [5.41, 5.74) is 6.36. The molecule has 2 nitrogen and oxygen atoms in total. The van der Waals surface area contributed by atoms with Gasteiger partial charge in [-0.05, 0) is 19.1 Å². The molecule has 3 heteroatoms. The van der Waals surface area contributed by atoms with Crippen molar-refractivity contribution in [3.8, 4) is 17.6 Å². The first-order valence-corrected chi connectivity index (χ1v) is 5.22. The third-order valence-electron chi connectivity index (χ3n) is 1.66. The van der Waals surface area contributed by atoms with Crippen molar-refractivity contribution in [2.24, 2.45) is 0 Å². The first-order valence-electron chi connectivity index (χ1n) is 4.24. The predicted molar refractivity (Wildman–Crippen MR) is 61.6 cm³/mol. The molecule has 0 radical (unpaired) electrons. The van der Waals surface area contributed by atoms with Crippen LogP contribution in [0.25, 0.3) is 0 Å². The van der Waals surface area contributed by atoms with Gasteiger partial charge in [0.2, 0.25) is 0 Å². The van der Waals surface area contributed by atoms with Crippen LogP contribution in [-0.4, -0.2) is 12.9 Å². The topological polar surface area (TPSA) is 35.2 Å². The molecule has 0 heterocycles. The quantitative estimate of drug-likeness (QED) is 0.469. The van der Waals surface area contributed by atoms with Crippen LogP contribution in [0.2, 0.25) is 0 Å². The minimum Gasteiger partial charge on any atom is -0.496 e. The maximum absolute atomic E-state index is 5.64. The fourth-order valence-corrected chi connectivity index (χ4v) is 1.81. The highest BCUT2D eigenvalue weighted by Crippen LogP contribution is 2.30. The zero-order valence-electron chi connectivity index (χ0n) is 8.33. The van der Waals surface area contributed by atoms with Gasteiger partial charge in [0.1, 0.15) is 5.75 Å². The van der Waals surface area contributed by atoms with Crippen molar-refractivity contribution in [2.75, 3.05) is 18.6 Å². The van der Waals surface area contributed by atoms with E-state index in [0.717, 1.165) is 16.4 Å². The van der Waals surface area contributed by atoms with E-state index in [2.05, 4.69) is 11.8 Å². The first kappa shape index (κ1) is 10.8. The molecule has 1 aromatic carbocycles. The Morgan fingerprint density at radius 2 is 2.29 bits per heavy atom. The largest absolute Gasteiger partial charge is 0.496 e. The molecule has 0 saturated carbocycles. The summed E-state index contributed by atoms with van der Waals surface area (Å²) in [6, 6.07) is 5.64. The normalized spacial score (nSPS) is 9.00. The van der Waals surface area contributed by atoms with Crippen LogP contribution < -0.4 is 10.5 Å². The lowest BCUT2D eigenvalue weighted by molar-refractivity contribution is 0.405. The molecule has 1 aromatic rings. The van der Waals surface area contributed by atoms with Crippen molar-refractivity contribution in [1.29, 1.82) is 0 Å². The molecule has 2 N–H and O–H groups in total. The molecule has 0 bridgehead atoms. The SMILES string of the molecule is CC#CCSc1ccc(N)cc1OC. The Kier molecular flexibility index (Phi) is 4.21. The molecule has 0 saturated heterocycles. The van der Waals surface area contributed by atoms with Crippen LogP contribution in [0.1, 0.15) is 6.92 Å². The van der Waals surface area contributed by atoms with Gasteiger partial charge in [-0.3, -0.25) is 0 Å². The first-order chi connectivity index (χ1) is 6.77. The van der Waals surface area contributed by atoms with Gasteiger partial charge in [0.05, 0.1) is 17.8 Å². The number of hydrogen-bond donors (Lipinski definition) is 1. The van der Waals surface area contributed by atoms with E-state index in [9.17, 15) is 0 Å². The molecule has 74 valence electrons.